The largest absolute Gasteiger partial charge is 0.508 e. The van der Waals surface area contributed by atoms with Gasteiger partial charge in [0.2, 0.25) is 0 Å². The minimum Gasteiger partial charge on any atom is -0.508 e. The quantitative estimate of drug-likeness (QED) is 0.148. The number of phenols is 1. The summed E-state index contributed by atoms with van der Waals surface area (Å²) in [5.41, 5.74) is 0. The van der Waals surface area contributed by atoms with Crippen LogP contribution >= 0.6 is 0 Å². The Morgan fingerprint density at radius 1 is 0.613 bits per heavy atom. The van der Waals surface area contributed by atoms with Gasteiger partial charge in [-0.2, -0.15) is 0 Å². The zero-order valence-corrected chi connectivity index (χ0v) is 16.3. The van der Waals surface area contributed by atoms with Crippen LogP contribution in [-0.2, 0) is 9.59 Å². The van der Waals surface area contributed by atoms with Gasteiger partial charge in [-0.05, 0) is 12.1 Å². The number of aldehydes is 2. The first-order chi connectivity index (χ1) is 14.5. The smallest absolute Gasteiger partial charge is 0.151 e. The maximum absolute atomic E-state index is 9.90. The molecule has 0 saturated carbocycles. The molecule has 1 rings (SSSR count). The first kappa shape index (κ1) is 31.1. The number of aliphatic hydroxyl groups excluding tert-OH is 10. The molecule has 13 nitrogen and oxygen atoms in total. The summed E-state index contributed by atoms with van der Waals surface area (Å²) in [6.45, 7) is -1.52. The number of para-hydroxylation sites is 1. The zero-order chi connectivity index (χ0) is 24.6. The Hall–Kier alpha value is -2.04. The predicted molar refractivity (Wildman–Crippen MR) is 102 cm³/mol. The molecule has 180 valence electrons. The summed E-state index contributed by atoms with van der Waals surface area (Å²) in [5, 5.41) is 95.7. The van der Waals surface area contributed by atoms with Gasteiger partial charge in [0.25, 0.3) is 0 Å². The van der Waals surface area contributed by atoms with E-state index in [4.69, 9.17) is 56.2 Å². The molecule has 0 aliphatic heterocycles. The Morgan fingerprint density at radius 3 is 1.13 bits per heavy atom. The zero-order valence-electron chi connectivity index (χ0n) is 16.3. The fraction of sp³-hybridized carbons (Fsp3) is 0.556. The van der Waals surface area contributed by atoms with Crippen LogP contribution in [0.15, 0.2) is 30.3 Å². The summed E-state index contributed by atoms with van der Waals surface area (Å²) in [4.78, 5) is 19.8. The highest BCUT2D eigenvalue weighted by Gasteiger charge is 2.30. The molecule has 31 heavy (non-hydrogen) atoms. The fourth-order valence-corrected chi connectivity index (χ4v) is 1.66. The van der Waals surface area contributed by atoms with Crippen LogP contribution in [0.25, 0.3) is 0 Å². The highest BCUT2D eigenvalue weighted by molar-refractivity contribution is 5.57. The third kappa shape index (κ3) is 13.1. The number of hydrogen-bond acceptors (Lipinski definition) is 13. The van der Waals surface area contributed by atoms with Crippen LogP contribution in [0.3, 0.4) is 0 Å². The van der Waals surface area contributed by atoms with Crippen molar-refractivity contribution < 1.29 is 65.8 Å². The Labute approximate surface area is 177 Å². The van der Waals surface area contributed by atoms with Gasteiger partial charge in [0.1, 0.15) is 54.6 Å². The van der Waals surface area contributed by atoms with Gasteiger partial charge in [0.15, 0.2) is 12.6 Å². The number of carbonyl (C=O) groups excluding carboxylic acids is 2. The summed E-state index contributed by atoms with van der Waals surface area (Å²) >= 11 is 0. The van der Waals surface area contributed by atoms with Crippen molar-refractivity contribution in [3.8, 4) is 5.75 Å². The second kappa shape index (κ2) is 17.6. The molecule has 8 atom stereocenters. The van der Waals surface area contributed by atoms with Crippen molar-refractivity contribution in [1.82, 2.24) is 0 Å². The molecule has 0 aromatic heterocycles. The minimum atomic E-state index is -1.79. The molecule has 0 amide bonds. The third-order valence-corrected chi connectivity index (χ3v) is 3.60. The average Bonchev–Trinajstić information content (AvgIpc) is 2.81. The number of hydrogen-bond donors (Lipinski definition) is 11. The van der Waals surface area contributed by atoms with E-state index in [1.165, 1.54) is 0 Å². The van der Waals surface area contributed by atoms with Gasteiger partial charge < -0.3 is 65.8 Å². The second-order valence-corrected chi connectivity index (χ2v) is 6.05. The van der Waals surface area contributed by atoms with E-state index in [1.807, 2.05) is 6.07 Å². The molecule has 0 saturated heterocycles. The van der Waals surface area contributed by atoms with E-state index in [1.54, 1.807) is 24.3 Å². The molecule has 0 spiro atoms. The summed E-state index contributed by atoms with van der Waals surface area (Å²) in [6.07, 6.45) is -13.7. The molecule has 0 bridgehead atoms. The van der Waals surface area contributed by atoms with E-state index in [9.17, 15) is 9.59 Å². The standard InChI is InChI=1S/2C6H12O6.C6H6O/c2*7-1-3(9)5(11)6(12)4(10)2-8;7-6-4-2-1-3-5-6/h2*1,3-6,8-12H,2H2;1-5,7H/t2*3-,4+,5+,6+;/m00./s1. The van der Waals surface area contributed by atoms with Crippen molar-refractivity contribution >= 4 is 12.6 Å². The number of benzene rings is 1. The monoisotopic (exact) mass is 454 g/mol. The molecular formula is C18H30O13. The Kier molecular flexibility index (Phi) is 17.7. The first-order valence-electron chi connectivity index (χ1n) is 8.79. The van der Waals surface area contributed by atoms with Crippen LogP contribution in [0.2, 0.25) is 0 Å². The molecule has 0 unspecified atom stereocenters. The molecule has 1 aromatic rings. The average molecular weight is 454 g/mol. The van der Waals surface area contributed by atoms with Gasteiger partial charge in [-0.15, -0.1) is 0 Å². The van der Waals surface area contributed by atoms with Crippen LogP contribution in [0.5, 0.6) is 5.75 Å². The van der Waals surface area contributed by atoms with Crippen molar-refractivity contribution in [3.63, 3.8) is 0 Å². The Bertz CT molecular complexity index is 541. The lowest BCUT2D eigenvalue weighted by molar-refractivity contribution is -0.136. The van der Waals surface area contributed by atoms with E-state index in [0.29, 0.717) is 5.75 Å². The molecule has 11 N–H and O–H groups in total. The van der Waals surface area contributed by atoms with E-state index >= 15 is 0 Å². The summed E-state index contributed by atoms with van der Waals surface area (Å²) in [7, 11) is 0. The van der Waals surface area contributed by atoms with Crippen LogP contribution in [0, 0.1) is 0 Å². The number of aromatic hydroxyl groups is 1. The SMILES string of the molecule is O=C[C@H](O)[C@@H](O)[C@H](O)[C@H](O)CO.O=C[C@H](O)[C@@H](O)[C@H](O)[C@H](O)CO.Oc1ccccc1. The molecule has 13 heteroatoms. The van der Waals surface area contributed by atoms with Gasteiger partial charge in [-0.3, -0.25) is 0 Å². The van der Waals surface area contributed by atoms with Crippen molar-refractivity contribution in [2.24, 2.45) is 0 Å². The molecule has 0 aliphatic carbocycles. The molecule has 0 fully saturated rings. The summed E-state index contributed by atoms with van der Waals surface area (Å²) in [6, 6.07) is 8.71. The van der Waals surface area contributed by atoms with E-state index in [0.717, 1.165) is 0 Å². The lowest BCUT2D eigenvalue weighted by Gasteiger charge is -2.22. The van der Waals surface area contributed by atoms with Crippen LogP contribution in [-0.4, -0.2) is 131 Å². The van der Waals surface area contributed by atoms with Crippen molar-refractivity contribution in [1.29, 1.82) is 0 Å². The Balaban J connectivity index is 0. The molecule has 0 radical (unpaired) electrons. The number of aliphatic hydroxyl groups is 10. The van der Waals surface area contributed by atoms with Crippen LogP contribution in [0.1, 0.15) is 0 Å². The summed E-state index contributed by atoms with van der Waals surface area (Å²) < 4.78 is 0. The molecular weight excluding hydrogens is 424 g/mol. The molecule has 0 heterocycles. The number of carbonyl (C=O) groups is 2. The van der Waals surface area contributed by atoms with Crippen LogP contribution in [0.4, 0.5) is 0 Å². The highest BCUT2D eigenvalue weighted by atomic mass is 16.4. The van der Waals surface area contributed by atoms with Gasteiger partial charge >= 0.3 is 0 Å². The lowest BCUT2D eigenvalue weighted by atomic mass is 10.0. The van der Waals surface area contributed by atoms with Crippen molar-refractivity contribution in [2.75, 3.05) is 13.2 Å². The normalized spacial score (nSPS) is 18.3. The van der Waals surface area contributed by atoms with Crippen LogP contribution < -0.4 is 0 Å². The number of rotatable bonds is 10. The number of phenolic OH excluding ortho intramolecular Hbond substituents is 1. The van der Waals surface area contributed by atoms with Crippen molar-refractivity contribution in [3.05, 3.63) is 30.3 Å². The second-order valence-electron chi connectivity index (χ2n) is 6.05. The first-order valence-corrected chi connectivity index (χ1v) is 8.79. The van der Waals surface area contributed by atoms with Gasteiger partial charge in [-0.25, -0.2) is 0 Å². The third-order valence-electron chi connectivity index (χ3n) is 3.60. The van der Waals surface area contributed by atoms with Gasteiger partial charge in [0, 0.05) is 0 Å². The maximum Gasteiger partial charge on any atom is 0.151 e. The topological polar surface area (TPSA) is 257 Å². The predicted octanol–water partition coefficient (Wildman–Crippen LogP) is -5.37. The summed E-state index contributed by atoms with van der Waals surface area (Å²) in [5.74, 6) is 0.322. The lowest BCUT2D eigenvalue weighted by Crippen LogP contribution is -2.46. The van der Waals surface area contributed by atoms with Gasteiger partial charge in [-0.1, -0.05) is 18.2 Å². The van der Waals surface area contributed by atoms with Gasteiger partial charge in [0.05, 0.1) is 13.2 Å². The highest BCUT2D eigenvalue weighted by Crippen LogP contribution is 2.04. The Morgan fingerprint density at radius 2 is 0.935 bits per heavy atom. The van der Waals surface area contributed by atoms with E-state index in [-0.39, 0.29) is 12.6 Å². The van der Waals surface area contributed by atoms with E-state index < -0.39 is 62.0 Å². The minimum absolute atomic E-state index is 0.0258. The van der Waals surface area contributed by atoms with Crippen molar-refractivity contribution in [2.45, 2.75) is 48.8 Å². The maximum atomic E-state index is 9.90. The molecule has 1 aromatic carbocycles. The molecule has 0 aliphatic rings. The van der Waals surface area contributed by atoms with E-state index in [2.05, 4.69) is 0 Å². The fourth-order valence-electron chi connectivity index (χ4n) is 1.66.